The summed E-state index contributed by atoms with van der Waals surface area (Å²) in [5.41, 5.74) is 2.04. The van der Waals surface area contributed by atoms with Crippen LogP contribution >= 0.6 is 0 Å². The summed E-state index contributed by atoms with van der Waals surface area (Å²) in [5.74, 6) is -1.09. The maximum atomic E-state index is 12.3. The predicted molar refractivity (Wildman–Crippen MR) is 79.3 cm³/mol. The van der Waals surface area contributed by atoms with Crippen molar-refractivity contribution in [1.82, 2.24) is 14.9 Å². The van der Waals surface area contributed by atoms with Gasteiger partial charge in [0.15, 0.2) is 0 Å². The lowest BCUT2D eigenvalue weighted by molar-refractivity contribution is -0.143. The highest BCUT2D eigenvalue weighted by molar-refractivity contribution is 5.80. The summed E-state index contributed by atoms with van der Waals surface area (Å²) in [6, 6.07) is 8.22. The van der Waals surface area contributed by atoms with Crippen LogP contribution in [0.2, 0.25) is 0 Å². The average Bonchev–Trinajstić information content (AvgIpc) is 2.59. The van der Waals surface area contributed by atoms with Crippen LogP contribution in [0, 0.1) is 0 Å². The second-order valence-electron chi connectivity index (χ2n) is 5.18. The zero-order chi connectivity index (χ0) is 16.2. The number of carbonyl (C=O) groups is 2. The molecular weight excluding hydrogens is 298 g/mol. The quantitative estimate of drug-likeness (QED) is 0.925. The molecule has 1 aliphatic heterocycles. The maximum absolute atomic E-state index is 12.3. The van der Waals surface area contributed by atoms with Crippen molar-refractivity contribution in [2.45, 2.75) is 25.6 Å². The molecule has 0 radical (unpaired) electrons. The Morgan fingerprint density at radius 3 is 2.57 bits per heavy atom. The van der Waals surface area contributed by atoms with Crippen molar-refractivity contribution < 1.29 is 19.4 Å². The normalized spacial score (nSPS) is 16.5. The van der Waals surface area contributed by atoms with Crippen LogP contribution in [0.4, 0.5) is 4.79 Å². The van der Waals surface area contributed by atoms with E-state index in [1.807, 2.05) is 30.3 Å². The van der Waals surface area contributed by atoms with Crippen LogP contribution in [0.3, 0.4) is 0 Å². The number of nitrogens with zero attached hydrogens (tertiary/aromatic N) is 3. The molecule has 0 bridgehead atoms. The molecule has 1 aromatic carbocycles. The molecule has 0 spiro atoms. The molecule has 0 aliphatic carbocycles. The third-order valence-electron chi connectivity index (χ3n) is 3.67. The lowest BCUT2D eigenvalue weighted by Crippen LogP contribution is -2.49. The first kappa shape index (κ1) is 15.0. The number of carboxylic acid groups (broad SMARTS) is 1. The van der Waals surface area contributed by atoms with Gasteiger partial charge in [0.1, 0.15) is 12.6 Å². The Morgan fingerprint density at radius 1 is 1.17 bits per heavy atom. The van der Waals surface area contributed by atoms with E-state index in [1.54, 1.807) is 0 Å². The number of carbonyl (C=O) groups excluding carboxylic acids is 1. The van der Waals surface area contributed by atoms with Gasteiger partial charge >= 0.3 is 12.1 Å². The number of hydrogen-bond donors (Lipinski definition) is 1. The van der Waals surface area contributed by atoms with Crippen LogP contribution in [0.5, 0.6) is 0 Å². The molecule has 1 amide bonds. The second-order valence-corrected chi connectivity index (χ2v) is 5.18. The molecule has 0 saturated heterocycles. The van der Waals surface area contributed by atoms with E-state index in [4.69, 9.17) is 4.74 Å². The Morgan fingerprint density at radius 2 is 1.87 bits per heavy atom. The minimum atomic E-state index is -1.09. The number of fused-ring (bicyclic) bond motifs is 1. The van der Waals surface area contributed by atoms with Crippen molar-refractivity contribution in [3.8, 4) is 0 Å². The monoisotopic (exact) mass is 313 g/mol. The fourth-order valence-corrected chi connectivity index (χ4v) is 2.48. The molecule has 118 valence electrons. The Kier molecular flexibility index (Phi) is 4.18. The summed E-state index contributed by atoms with van der Waals surface area (Å²) in [5, 5.41) is 9.37. The Balaban J connectivity index is 1.74. The zero-order valence-electron chi connectivity index (χ0n) is 12.3. The Bertz CT molecular complexity index is 720. The minimum Gasteiger partial charge on any atom is -0.480 e. The molecule has 7 heteroatoms. The fourth-order valence-electron chi connectivity index (χ4n) is 2.48. The highest BCUT2D eigenvalue weighted by Crippen LogP contribution is 2.21. The smallest absolute Gasteiger partial charge is 0.411 e. The lowest BCUT2D eigenvalue weighted by Gasteiger charge is -2.32. The summed E-state index contributed by atoms with van der Waals surface area (Å²) in [4.78, 5) is 33.2. The van der Waals surface area contributed by atoms with Gasteiger partial charge in [0.25, 0.3) is 0 Å². The van der Waals surface area contributed by atoms with Gasteiger partial charge in [-0.25, -0.2) is 9.59 Å². The van der Waals surface area contributed by atoms with E-state index in [1.165, 1.54) is 17.3 Å². The molecule has 0 saturated carbocycles. The average molecular weight is 313 g/mol. The zero-order valence-corrected chi connectivity index (χ0v) is 12.3. The van der Waals surface area contributed by atoms with E-state index in [9.17, 15) is 14.7 Å². The van der Waals surface area contributed by atoms with Crippen LogP contribution in [-0.2, 0) is 29.1 Å². The van der Waals surface area contributed by atoms with E-state index in [2.05, 4.69) is 9.97 Å². The molecule has 1 unspecified atom stereocenters. The molecule has 1 atom stereocenters. The molecule has 2 aromatic rings. The molecule has 2 heterocycles. The van der Waals surface area contributed by atoms with Crippen LogP contribution in [0.15, 0.2) is 42.7 Å². The highest BCUT2D eigenvalue weighted by atomic mass is 16.6. The number of aliphatic carboxylic acids is 1. The van der Waals surface area contributed by atoms with E-state index in [-0.39, 0.29) is 19.6 Å². The topological polar surface area (TPSA) is 92.6 Å². The van der Waals surface area contributed by atoms with Gasteiger partial charge in [0.2, 0.25) is 0 Å². The van der Waals surface area contributed by atoms with Gasteiger partial charge in [-0.2, -0.15) is 0 Å². The number of carboxylic acids is 1. The van der Waals surface area contributed by atoms with E-state index in [0.29, 0.717) is 11.4 Å². The van der Waals surface area contributed by atoms with Crippen molar-refractivity contribution >= 4 is 12.1 Å². The Hall–Kier alpha value is -2.96. The van der Waals surface area contributed by atoms with E-state index < -0.39 is 18.1 Å². The lowest BCUT2D eigenvalue weighted by atomic mass is 10.0. The molecule has 3 rings (SSSR count). The molecule has 23 heavy (non-hydrogen) atoms. The number of aromatic nitrogens is 2. The molecule has 1 aliphatic rings. The predicted octanol–water partition coefficient (Wildman–Crippen LogP) is 1.62. The van der Waals surface area contributed by atoms with Crippen LogP contribution < -0.4 is 0 Å². The van der Waals surface area contributed by atoms with Gasteiger partial charge in [-0.05, 0) is 5.56 Å². The van der Waals surface area contributed by atoms with Gasteiger partial charge in [-0.15, -0.1) is 0 Å². The first-order valence-electron chi connectivity index (χ1n) is 7.14. The summed E-state index contributed by atoms with van der Waals surface area (Å²) >= 11 is 0. The SMILES string of the molecule is O=C(O)C1Cc2nccnc2CN1C(=O)OCc1ccccc1. The number of rotatable bonds is 3. The fraction of sp³-hybridized carbons (Fsp3) is 0.250. The molecule has 7 nitrogen and oxygen atoms in total. The number of amides is 1. The number of ether oxygens (including phenoxy) is 1. The molecule has 0 fully saturated rings. The third kappa shape index (κ3) is 3.28. The van der Waals surface area contributed by atoms with Crippen LogP contribution in [-0.4, -0.2) is 38.1 Å². The molecular formula is C16H15N3O4. The summed E-state index contributed by atoms with van der Waals surface area (Å²) in [7, 11) is 0. The largest absolute Gasteiger partial charge is 0.480 e. The maximum Gasteiger partial charge on any atom is 0.411 e. The van der Waals surface area contributed by atoms with Gasteiger partial charge < -0.3 is 9.84 Å². The van der Waals surface area contributed by atoms with Crippen LogP contribution in [0.25, 0.3) is 0 Å². The van der Waals surface area contributed by atoms with Crippen molar-refractivity contribution in [2.24, 2.45) is 0 Å². The van der Waals surface area contributed by atoms with Crippen molar-refractivity contribution in [1.29, 1.82) is 0 Å². The number of benzene rings is 1. The van der Waals surface area contributed by atoms with Gasteiger partial charge in [-0.1, -0.05) is 30.3 Å². The minimum absolute atomic E-state index is 0.0771. The standard InChI is InChI=1S/C16H15N3O4/c20-15(21)14-8-12-13(18-7-6-17-12)9-19(14)16(22)23-10-11-4-2-1-3-5-11/h1-7,14H,8-10H2,(H,20,21). The third-order valence-corrected chi connectivity index (χ3v) is 3.67. The van der Waals surface area contributed by atoms with Crippen molar-refractivity contribution in [3.05, 3.63) is 59.7 Å². The van der Waals surface area contributed by atoms with Crippen molar-refractivity contribution in [3.63, 3.8) is 0 Å². The first-order chi connectivity index (χ1) is 11.1. The Labute approximate surface area is 132 Å². The first-order valence-corrected chi connectivity index (χ1v) is 7.14. The van der Waals surface area contributed by atoms with Crippen LogP contribution in [0.1, 0.15) is 17.0 Å². The van der Waals surface area contributed by atoms with Crippen molar-refractivity contribution in [2.75, 3.05) is 0 Å². The summed E-state index contributed by atoms with van der Waals surface area (Å²) < 4.78 is 5.24. The molecule has 1 N–H and O–H groups in total. The van der Waals surface area contributed by atoms with E-state index >= 15 is 0 Å². The highest BCUT2D eigenvalue weighted by Gasteiger charge is 2.36. The summed E-state index contributed by atoms with van der Waals surface area (Å²) in [6.07, 6.45) is 2.49. The second kappa shape index (κ2) is 6.43. The molecule has 1 aromatic heterocycles. The van der Waals surface area contributed by atoms with Gasteiger partial charge in [0, 0.05) is 18.8 Å². The number of hydrogen-bond acceptors (Lipinski definition) is 5. The summed E-state index contributed by atoms with van der Waals surface area (Å²) in [6.45, 7) is 0.170. The van der Waals surface area contributed by atoms with Gasteiger partial charge in [-0.3, -0.25) is 14.9 Å². The van der Waals surface area contributed by atoms with E-state index in [0.717, 1.165) is 5.56 Å². The van der Waals surface area contributed by atoms with Gasteiger partial charge in [0.05, 0.1) is 17.9 Å².